The summed E-state index contributed by atoms with van der Waals surface area (Å²) in [5.74, 6) is 0.534. The van der Waals surface area contributed by atoms with E-state index in [1.807, 2.05) is 31.2 Å². The Morgan fingerprint density at radius 1 is 1.04 bits per heavy atom. The second-order valence-corrected chi connectivity index (χ2v) is 5.90. The molecule has 0 amide bonds. The number of esters is 1. The number of carbonyl (C=O) groups excluding carboxylic acids is 1. The molecule has 2 aromatic carbocycles. The van der Waals surface area contributed by atoms with Crippen molar-refractivity contribution in [2.45, 2.75) is 26.3 Å². The van der Waals surface area contributed by atoms with E-state index in [0.29, 0.717) is 12.3 Å². The van der Waals surface area contributed by atoms with Gasteiger partial charge in [-0.25, -0.2) is 9.48 Å². The lowest BCUT2D eigenvalue weighted by Gasteiger charge is -2.08. The summed E-state index contributed by atoms with van der Waals surface area (Å²) in [5, 5.41) is 6.01. The van der Waals surface area contributed by atoms with Crippen molar-refractivity contribution < 1.29 is 14.3 Å². The number of aromatic nitrogens is 2. The summed E-state index contributed by atoms with van der Waals surface area (Å²) in [6.45, 7) is 2.50. The third-order valence-corrected chi connectivity index (χ3v) is 4.03. The fraction of sp³-hybridized carbons (Fsp3) is 0.250. The zero-order valence-electron chi connectivity index (χ0n) is 14.8. The first kappa shape index (κ1) is 17.7. The average molecular weight is 352 g/mol. The lowest BCUT2D eigenvalue weighted by molar-refractivity contribution is 0.0725. The average Bonchev–Trinajstić information content (AvgIpc) is 2.66. The van der Waals surface area contributed by atoms with Crippen LogP contribution in [0.3, 0.4) is 0 Å². The molecule has 0 aliphatic heterocycles. The van der Waals surface area contributed by atoms with E-state index in [1.165, 1.54) is 16.8 Å². The number of hydrogen-bond donors (Lipinski definition) is 0. The molecule has 3 rings (SSSR count). The van der Waals surface area contributed by atoms with Gasteiger partial charge in [0.1, 0.15) is 11.5 Å². The van der Waals surface area contributed by atoms with Crippen molar-refractivity contribution in [1.29, 1.82) is 0 Å². The van der Waals surface area contributed by atoms with Gasteiger partial charge in [-0.15, -0.1) is 0 Å². The number of hydrogen-bond acceptors (Lipinski definition) is 5. The number of nitrogens with zero attached hydrogens (tertiary/aromatic N) is 2. The Morgan fingerprint density at radius 3 is 2.50 bits per heavy atom. The molecule has 0 saturated carbocycles. The van der Waals surface area contributed by atoms with Crippen LogP contribution in [0.5, 0.6) is 11.5 Å². The number of rotatable bonds is 6. The van der Waals surface area contributed by atoms with Gasteiger partial charge in [-0.1, -0.05) is 25.5 Å². The van der Waals surface area contributed by atoms with Crippen molar-refractivity contribution in [2.24, 2.45) is 0 Å². The van der Waals surface area contributed by atoms with Crippen molar-refractivity contribution in [1.82, 2.24) is 9.78 Å². The lowest BCUT2D eigenvalue weighted by atomic mass is 10.1. The summed E-state index contributed by atoms with van der Waals surface area (Å²) in [7, 11) is 1.60. The number of ether oxygens (including phenoxy) is 2. The molecule has 0 fully saturated rings. The highest BCUT2D eigenvalue weighted by molar-refractivity contribution is 5.90. The van der Waals surface area contributed by atoms with E-state index in [-0.39, 0.29) is 11.3 Å². The summed E-state index contributed by atoms with van der Waals surface area (Å²) < 4.78 is 11.9. The highest BCUT2D eigenvalue weighted by atomic mass is 16.5. The van der Waals surface area contributed by atoms with Gasteiger partial charge in [-0.2, -0.15) is 5.10 Å². The third-order valence-electron chi connectivity index (χ3n) is 4.03. The van der Waals surface area contributed by atoms with Gasteiger partial charge in [0.2, 0.25) is 0 Å². The minimum Gasteiger partial charge on any atom is -0.497 e. The van der Waals surface area contributed by atoms with E-state index in [9.17, 15) is 9.59 Å². The predicted molar refractivity (Wildman–Crippen MR) is 98.9 cm³/mol. The van der Waals surface area contributed by atoms with Gasteiger partial charge < -0.3 is 9.47 Å². The third kappa shape index (κ3) is 3.91. The van der Waals surface area contributed by atoms with E-state index in [4.69, 9.17) is 9.47 Å². The van der Waals surface area contributed by atoms with Crippen molar-refractivity contribution in [2.75, 3.05) is 7.11 Å². The van der Waals surface area contributed by atoms with E-state index in [1.54, 1.807) is 19.2 Å². The van der Waals surface area contributed by atoms with Crippen molar-refractivity contribution >= 4 is 16.7 Å². The molecule has 0 spiro atoms. The molecule has 3 aromatic rings. The number of carbonyl (C=O) groups is 1. The smallest absolute Gasteiger partial charge is 0.364 e. The summed E-state index contributed by atoms with van der Waals surface area (Å²) in [6, 6.07) is 13.8. The molecule has 0 saturated heterocycles. The normalized spacial score (nSPS) is 10.7. The van der Waals surface area contributed by atoms with Gasteiger partial charge in [0, 0.05) is 12.6 Å². The second-order valence-electron chi connectivity index (χ2n) is 5.90. The Morgan fingerprint density at radius 2 is 1.77 bits per heavy atom. The molecule has 1 aromatic heterocycles. The highest BCUT2D eigenvalue weighted by Crippen LogP contribution is 2.25. The van der Waals surface area contributed by atoms with Crippen molar-refractivity contribution in [3.8, 4) is 11.5 Å². The molecule has 6 heteroatoms. The minimum atomic E-state index is -0.600. The van der Waals surface area contributed by atoms with Gasteiger partial charge in [0.25, 0.3) is 5.56 Å². The van der Waals surface area contributed by atoms with E-state index in [0.717, 1.165) is 29.4 Å². The van der Waals surface area contributed by atoms with Crippen LogP contribution in [0.15, 0.2) is 53.3 Å². The number of benzene rings is 2. The Kier molecular flexibility index (Phi) is 5.31. The van der Waals surface area contributed by atoms with E-state index in [2.05, 4.69) is 5.10 Å². The molecule has 134 valence electrons. The molecular formula is C20H20N2O4. The zero-order valence-corrected chi connectivity index (χ0v) is 14.8. The van der Waals surface area contributed by atoms with Crippen LogP contribution < -0.4 is 15.0 Å². The lowest BCUT2D eigenvalue weighted by Crippen LogP contribution is -2.25. The number of unbranched alkanes of at least 4 members (excludes halogenated alkanes) is 1. The number of fused-ring (bicyclic) bond motifs is 1. The van der Waals surface area contributed by atoms with Crippen LogP contribution in [0.1, 0.15) is 30.3 Å². The van der Waals surface area contributed by atoms with Crippen LogP contribution in [0.4, 0.5) is 0 Å². The molecule has 0 bridgehead atoms. The van der Waals surface area contributed by atoms with Crippen molar-refractivity contribution in [3.63, 3.8) is 0 Å². The molecule has 26 heavy (non-hydrogen) atoms. The standard InChI is InChI=1S/C20H20N2O4/c1-3-4-11-22-19(23)10-9-18(21-22)20(24)26-17-8-6-14-5-7-16(25-2)12-15(14)13-17/h5-10,12-13H,3-4,11H2,1-2H3. The summed E-state index contributed by atoms with van der Waals surface area (Å²) in [5.41, 5.74) is -0.126. The fourth-order valence-corrected chi connectivity index (χ4v) is 2.58. The van der Waals surface area contributed by atoms with Crippen LogP contribution in [-0.2, 0) is 6.54 Å². The highest BCUT2D eigenvalue weighted by Gasteiger charge is 2.13. The van der Waals surface area contributed by atoms with Crippen LogP contribution in [0.25, 0.3) is 10.8 Å². The van der Waals surface area contributed by atoms with Gasteiger partial charge in [-0.05, 0) is 47.5 Å². The van der Waals surface area contributed by atoms with Gasteiger partial charge >= 0.3 is 5.97 Å². The summed E-state index contributed by atoms with van der Waals surface area (Å²) in [4.78, 5) is 24.2. The molecule has 0 unspecified atom stereocenters. The maximum Gasteiger partial charge on any atom is 0.364 e. The zero-order chi connectivity index (χ0) is 18.5. The Balaban J connectivity index is 1.83. The molecule has 0 aliphatic carbocycles. The van der Waals surface area contributed by atoms with Crippen molar-refractivity contribution in [3.05, 3.63) is 64.6 Å². The fourth-order valence-electron chi connectivity index (χ4n) is 2.58. The first-order chi connectivity index (χ1) is 12.6. The Hall–Kier alpha value is -3.15. The van der Waals surface area contributed by atoms with E-state index >= 15 is 0 Å². The second kappa shape index (κ2) is 7.82. The maximum absolute atomic E-state index is 12.4. The maximum atomic E-state index is 12.4. The SMILES string of the molecule is CCCCn1nc(C(=O)Oc2ccc3ccc(OC)cc3c2)ccc1=O. The Bertz CT molecular complexity index is 995. The first-order valence-corrected chi connectivity index (χ1v) is 8.49. The summed E-state index contributed by atoms with van der Waals surface area (Å²) in [6.07, 6.45) is 1.75. The minimum absolute atomic E-state index is 0.103. The molecule has 0 N–H and O–H groups in total. The van der Waals surface area contributed by atoms with E-state index < -0.39 is 5.97 Å². The predicted octanol–water partition coefficient (Wildman–Crippen LogP) is 3.42. The largest absolute Gasteiger partial charge is 0.497 e. The Labute approximate surface area is 151 Å². The first-order valence-electron chi connectivity index (χ1n) is 8.49. The number of aryl methyl sites for hydroxylation is 1. The molecule has 0 aliphatic rings. The van der Waals surface area contributed by atoms with Gasteiger partial charge in [-0.3, -0.25) is 4.79 Å². The molecular weight excluding hydrogens is 332 g/mol. The monoisotopic (exact) mass is 352 g/mol. The molecule has 1 heterocycles. The van der Waals surface area contributed by atoms with Crippen LogP contribution in [0, 0.1) is 0 Å². The van der Waals surface area contributed by atoms with Gasteiger partial charge in [0.05, 0.1) is 7.11 Å². The quantitative estimate of drug-likeness (QED) is 0.502. The van der Waals surface area contributed by atoms with Crippen LogP contribution in [0.2, 0.25) is 0 Å². The molecule has 0 atom stereocenters. The van der Waals surface area contributed by atoms with Crippen LogP contribution >= 0.6 is 0 Å². The van der Waals surface area contributed by atoms with Crippen LogP contribution in [-0.4, -0.2) is 22.9 Å². The molecule has 0 radical (unpaired) electrons. The molecule has 6 nitrogen and oxygen atoms in total. The number of methoxy groups -OCH3 is 1. The topological polar surface area (TPSA) is 70.4 Å². The van der Waals surface area contributed by atoms with Gasteiger partial charge in [0.15, 0.2) is 5.69 Å². The summed E-state index contributed by atoms with van der Waals surface area (Å²) >= 11 is 0.